The van der Waals surface area contributed by atoms with Crippen molar-refractivity contribution in [2.24, 2.45) is 0 Å². The van der Waals surface area contributed by atoms with Crippen molar-refractivity contribution in [3.05, 3.63) is 46.0 Å². The molecule has 1 aromatic carbocycles. The number of hydrogen-bond acceptors (Lipinski definition) is 5. The van der Waals surface area contributed by atoms with Gasteiger partial charge in [0.05, 0.1) is 30.4 Å². The SMILES string of the molecule is CN(CC(F)F)C(=O)C1Cn2nc3c(c2C(=O)N(C)O1)CN(C(=O)Nc1ccc(F)c(Cl)c1)CC3. The molecule has 0 fully saturated rings. The van der Waals surface area contributed by atoms with Gasteiger partial charge in [-0.1, -0.05) is 11.6 Å². The molecule has 1 unspecified atom stereocenters. The molecule has 2 aliphatic rings. The Morgan fingerprint density at radius 3 is 2.80 bits per heavy atom. The van der Waals surface area contributed by atoms with E-state index in [9.17, 15) is 27.6 Å². The van der Waals surface area contributed by atoms with E-state index in [1.54, 1.807) is 0 Å². The number of hydroxylamine groups is 2. The zero-order valence-corrected chi connectivity index (χ0v) is 19.6. The molecule has 188 valence electrons. The largest absolute Gasteiger partial charge is 0.338 e. The summed E-state index contributed by atoms with van der Waals surface area (Å²) in [4.78, 5) is 46.2. The predicted molar refractivity (Wildman–Crippen MR) is 117 cm³/mol. The number of aromatic nitrogens is 2. The second-order valence-electron chi connectivity index (χ2n) is 8.19. The van der Waals surface area contributed by atoms with E-state index in [0.29, 0.717) is 29.9 Å². The van der Waals surface area contributed by atoms with Crippen LogP contribution in [-0.2, 0) is 29.1 Å². The summed E-state index contributed by atoms with van der Waals surface area (Å²) < 4.78 is 40.2. The summed E-state index contributed by atoms with van der Waals surface area (Å²) in [6.45, 7) is -0.591. The third kappa shape index (κ3) is 5.05. The molecule has 2 aliphatic heterocycles. The molecule has 0 aliphatic carbocycles. The van der Waals surface area contributed by atoms with Gasteiger partial charge in [-0.05, 0) is 18.2 Å². The Morgan fingerprint density at radius 2 is 2.11 bits per heavy atom. The number of nitrogens with one attached hydrogen (secondary N) is 1. The Labute approximate surface area is 203 Å². The van der Waals surface area contributed by atoms with Crippen molar-refractivity contribution in [2.45, 2.75) is 32.0 Å². The average Bonchev–Trinajstić information content (AvgIpc) is 3.10. The number of benzene rings is 1. The van der Waals surface area contributed by atoms with Crippen LogP contribution >= 0.6 is 11.6 Å². The number of halogens is 4. The van der Waals surface area contributed by atoms with E-state index in [4.69, 9.17) is 16.4 Å². The van der Waals surface area contributed by atoms with Gasteiger partial charge in [0.2, 0.25) is 0 Å². The van der Waals surface area contributed by atoms with E-state index in [0.717, 1.165) is 16.0 Å². The van der Waals surface area contributed by atoms with E-state index in [1.165, 1.54) is 35.8 Å². The van der Waals surface area contributed by atoms with Crippen LogP contribution in [0, 0.1) is 5.82 Å². The molecule has 0 saturated heterocycles. The van der Waals surface area contributed by atoms with Crippen LogP contribution in [0.3, 0.4) is 0 Å². The number of hydrogen-bond donors (Lipinski definition) is 1. The Morgan fingerprint density at radius 1 is 1.37 bits per heavy atom. The van der Waals surface area contributed by atoms with Crippen molar-refractivity contribution < 1.29 is 32.4 Å². The Hall–Kier alpha value is -3.32. The highest BCUT2D eigenvalue weighted by atomic mass is 35.5. The van der Waals surface area contributed by atoms with Crippen molar-refractivity contribution in [2.75, 3.05) is 32.5 Å². The smallest absolute Gasteiger partial charge is 0.322 e. The molecule has 4 rings (SSSR count). The van der Waals surface area contributed by atoms with Crippen molar-refractivity contribution >= 4 is 35.1 Å². The molecule has 0 radical (unpaired) electrons. The van der Waals surface area contributed by atoms with Crippen LogP contribution < -0.4 is 5.32 Å². The zero-order valence-electron chi connectivity index (χ0n) is 18.8. The van der Waals surface area contributed by atoms with Gasteiger partial charge in [0, 0.05) is 38.3 Å². The fraction of sp³-hybridized carbons (Fsp3) is 0.429. The van der Waals surface area contributed by atoms with Crippen molar-refractivity contribution in [1.82, 2.24) is 24.6 Å². The van der Waals surface area contributed by atoms with Gasteiger partial charge in [-0.15, -0.1) is 0 Å². The number of amides is 4. The fourth-order valence-corrected chi connectivity index (χ4v) is 4.17. The normalized spacial score (nSPS) is 17.7. The highest BCUT2D eigenvalue weighted by Gasteiger charge is 2.38. The van der Waals surface area contributed by atoms with Crippen molar-refractivity contribution in [3.63, 3.8) is 0 Å². The fourth-order valence-electron chi connectivity index (χ4n) is 3.99. The van der Waals surface area contributed by atoms with Gasteiger partial charge >= 0.3 is 6.03 Å². The lowest BCUT2D eigenvalue weighted by Gasteiger charge is -2.27. The number of anilines is 1. The summed E-state index contributed by atoms with van der Waals surface area (Å²) in [5.41, 5.74) is 1.54. The van der Waals surface area contributed by atoms with E-state index < -0.39 is 42.7 Å². The first-order chi connectivity index (χ1) is 16.5. The number of carbonyl (C=O) groups is 3. The lowest BCUT2D eigenvalue weighted by atomic mass is 10.1. The maximum atomic E-state index is 13.4. The molecule has 1 N–H and O–H groups in total. The Balaban J connectivity index is 1.55. The predicted octanol–water partition coefficient (Wildman–Crippen LogP) is 2.38. The first-order valence-corrected chi connectivity index (χ1v) is 11.0. The minimum atomic E-state index is -2.72. The molecule has 4 amide bonds. The average molecular weight is 515 g/mol. The summed E-state index contributed by atoms with van der Waals surface area (Å²) in [5, 5.41) is 7.82. The maximum Gasteiger partial charge on any atom is 0.322 e. The lowest BCUT2D eigenvalue weighted by molar-refractivity contribution is -0.177. The van der Waals surface area contributed by atoms with E-state index >= 15 is 0 Å². The van der Waals surface area contributed by atoms with Gasteiger partial charge < -0.3 is 15.1 Å². The number of nitrogens with zero attached hydrogens (tertiary/aromatic N) is 5. The van der Waals surface area contributed by atoms with Crippen LogP contribution in [0.25, 0.3) is 0 Å². The third-order valence-electron chi connectivity index (χ3n) is 5.74. The Kier molecular flexibility index (Phi) is 6.90. The standard InChI is InChI=1S/C21H22ClF3N6O4/c1-28(10-17(24)25)19(32)16-9-31-18(20(33)29(2)35-16)12-8-30(6-5-15(12)27-31)21(34)26-11-3-4-14(23)13(22)7-11/h3-4,7,16-17H,5-6,8-10H2,1-2H3,(H,26,34). The first kappa shape index (κ1) is 24.8. The first-order valence-electron chi connectivity index (χ1n) is 10.6. The monoisotopic (exact) mass is 514 g/mol. The zero-order chi connectivity index (χ0) is 25.4. The van der Waals surface area contributed by atoms with Crippen LogP contribution in [0.2, 0.25) is 5.02 Å². The highest BCUT2D eigenvalue weighted by molar-refractivity contribution is 6.31. The number of urea groups is 1. The molecule has 35 heavy (non-hydrogen) atoms. The van der Waals surface area contributed by atoms with Crippen molar-refractivity contribution in [1.29, 1.82) is 0 Å². The molecule has 0 saturated carbocycles. The molecule has 1 atom stereocenters. The van der Waals surface area contributed by atoms with Gasteiger partial charge in [-0.2, -0.15) is 5.10 Å². The summed E-state index contributed by atoms with van der Waals surface area (Å²) in [7, 11) is 2.54. The molecule has 0 spiro atoms. The second-order valence-corrected chi connectivity index (χ2v) is 8.60. The molecule has 1 aromatic heterocycles. The summed E-state index contributed by atoms with van der Waals surface area (Å²) in [6.07, 6.45) is -3.61. The maximum absolute atomic E-state index is 13.4. The summed E-state index contributed by atoms with van der Waals surface area (Å²) in [5.74, 6) is -1.92. The van der Waals surface area contributed by atoms with Gasteiger partial charge in [-0.3, -0.25) is 19.1 Å². The molecule has 10 nitrogen and oxygen atoms in total. The van der Waals surface area contributed by atoms with Gasteiger partial charge in [0.15, 0.2) is 6.10 Å². The molecule has 14 heteroatoms. The van der Waals surface area contributed by atoms with Gasteiger partial charge in [0.1, 0.15) is 11.5 Å². The summed E-state index contributed by atoms with van der Waals surface area (Å²) >= 11 is 5.77. The molecule has 0 bridgehead atoms. The van der Waals surface area contributed by atoms with Gasteiger partial charge in [0.25, 0.3) is 18.2 Å². The number of alkyl halides is 2. The summed E-state index contributed by atoms with van der Waals surface area (Å²) in [6, 6.07) is 3.31. The number of likely N-dealkylation sites (N-methyl/N-ethyl adjacent to an activating group) is 1. The minimum Gasteiger partial charge on any atom is -0.338 e. The molecular formula is C21H22ClF3N6O4. The van der Waals surface area contributed by atoms with Crippen LogP contribution in [0.4, 0.5) is 23.7 Å². The van der Waals surface area contributed by atoms with Crippen LogP contribution in [0.15, 0.2) is 18.2 Å². The highest BCUT2D eigenvalue weighted by Crippen LogP contribution is 2.27. The molecular weight excluding hydrogens is 493 g/mol. The number of fused-ring (bicyclic) bond motifs is 3. The lowest BCUT2D eigenvalue weighted by Crippen LogP contribution is -2.44. The van der Waals surface area contributed by atoms with E-state index in [-0.39, 0.29) is 23.8 Å². The van der Waals surface area contributed by atoms with Crippen LogP contribution in [-0.4, -0.2) is 82.2 Å². The number of carbonyl (C=O) groups excluding carboxylic acids is 3. The van der Waals surface area contributed by atoms with Crippen LogP contribution in [0.1, 0.15) is 21.7 Å². The number of rotatable bonds is 4. The van der Waals surface area contributed by atoms with Crippen LogP contribution in [0.5, 0.6) is 0 Å². The van der Waals surface area contributed by atoms with Gasteiger partial charge in [-0.25, -0.2) is 23.0 Å². The quantitative estimate of drug-likeness (QED) is 0.675. The molecule has 2 aromatic rings. The molecule has 3 heterocycles. The minimum absolute atomic E-state index is 0.0505. The topological polar surface area (TPSA) is 100 Å². The van der Waals surface area contributed by atoms with E-state index in [2.05, 4.69) is 10.4 Å². The second kappa shape index (κ2) is 9.74. The third-order valence-corrected chi connectivity index (χ3v) is 6.03. The van der Waals surface area contributed by atoms with E-state index in [1.807, 2.05) is 0 Å². The Bertz CT molecular complexity index is 1180. The van der Waals surface area contributed by atoms with Crippen molar-refractivity contribution in [3.8, 4) is 0 Å².